The summed E-state index contributed by atoms with van der Waals surface area (Å²) in [5, 5.41) is 2.82. The topological polar surface area (TPSA) is 28.2 Å². The van der Waals surface area contributed by atoms with E-state index in [1.165, 1.54) is 0 Å². The lowest BCUT2D eigenvalue weighted by Crippen LogP contribution is -2.17. The number of aromatic nitrogens is 1. The van der Waals surface area contributed by atoms with Gasteiger partial charge in [-0.25, -0.2) is 13.8 Å². The molecule has 0 fully saturated rings. The molecule has 1 aromatic rings. The molecule has 0 radical (unpaired) electrons. The van der Waals surface area contributed by atoms with Gasteiger partial charge in [0.25, 0.3) is 0 Å². The zero-order valence-corrected chi connectivity index (χ0v) is 8.93. The smallest absolute Gasteiger partial charge is 0.168 e. The van der Waals surface area contributed by atoms with Crippen LogP contribution < -0.4 is 5.32 Å². The summed E-state index contributed by atoms with van der Waals surface area (Å²) in [6, 6.07) is 0.821. The standard InChI is InChI=1S/C10H15F2N3/c1-15(2)5-3-4-13-10-9(12)6-8(11)7-14-10/h6-7H,3-5H2,1-2H3,(H,13,14). The van der Waals surface area contributed by atoms with Gasteiger partial charge in [-0.05, 0) is 27.1 Å². The van der Waals surface area contributed by atoms with Crippen LogP contribution in [-0.4, -0.2) is 37.1 Å². The van der Waals surface area contributed by atoms with E-state index in [1.54, 1.807) is 0 Å². The maximum Gasteiger partial charge on any atom is 0.168 e. The lowest BCUT2D eigenvalue weighted by molar-refractivity contribution is 0.405. The molecule has 0 atom stereocenters. The predicted molar refractivity (Wildman–Crippen MR) is 55.8 cm³/mol. The molecule has 0 saturated heterocycles. The van der Waals surface area contributed by atoms with Crippen molar-refractivity contribution in [1.29, 1.82) is 0 Å². The monoisotopic (exact) mass is 215 g/mol. The molecule has 0 amide bonds. The van der Waals surface area contributed by atoms with Crippen LogP contribution in [-0.2, 0) is 0 Å². The zero-order chi connectivity index (χ0) is 11.3. The van der Waals surface area contributed by atoms with Crippen LogP contribution in [0.5, 0.6) is 0 Å². The van der Waals surface area contributed by atoms with E-state index in [1.807, 2.05) is 19.0 Å². The van der Waals surface area contributed by atoms with Gasteiger partial charge in [0.05, 0.1) is 6.20 Å². The Morgan fingerprint density at radius 1 is 1.40 bits per heavy atom. The van der Waals surface area contributed by atoms with E-state index in [2.05, 4.69) is 10.3 Å². The van der Waals surface area contributed by atoms with Crippen molar-refractivity contribution in [3.63, 3.8) is 0 Å². The van der Waals surface area contributed by atoms with E-state index in [4.69, 9.17) is 0 Å². The fraction of sp³-hybridized carbons (Fsp3) is 0.500. The van der Waals surface area contributed by atoms with Crippen LogP contribution in [0.25, 0.3) is 0 Å². The van der Waals surface area contributed by atoms with Gasteiger partial charge in [0.1, 0.15) is 5.82 Å². The first-order valence-corrected chi connectivity index (χ1v) is 4.79. The van der Waals surface area contributed by atoms with Gasteiger partial charge >= 0.3 is 0 Å². The third-order valence-electron chi connectivity index (χ3n) is 1.88. The number of hydrogen-bond acceptors (Lipinski definition) is 3. The van der Waals surface area contributed by atoms with Crippen molar-refractivity contribution in [3.8, 4) is 0 Å². The van der Waals surface area contributed by atoms with Crippen molar-refractivity contribution in [2.75, 3.05) is 32.5 Å². The zero-order valence-electron chi connectivity index (χ0n) is 8.93. The van der Waals surface area contributed by atoms with Crippen LogP contribution in [0.15, 0.2) is 12.3 Å². The Balaban J connectivity index is 2.37. The summed E-state index contributed by atoms with van der Waals surface area (Å²) >= 11 is 0. The van der Waals surface area contributed by atoms with Crippen molar-refractivity contribution in [1.82, 2.24) is 9.88 Å². The van der Waals surface area contributed by atoms with Gasteiger partial charge in [0.15, 0.2) is 11.6 Å². The molecule has 0 bridgehead atoms. The highest BCUT2D eigenvalue weighted by molar-refractivity contribution is 5.35. The molecule has 0 saturated carbocycles. The minimum Gasteiger partial charge on any atom is -0.368 e. The summed E-state index contributed by atoms with van der Waals surface area (Å²) in [6.45, 7) is 1.53. The predicted octanol–water partition coefficient (Wildman–Crippen LogP) is 1.72. The molecule has 0 unspecified atom stereocenters. The summed E-state index contributed by atoms with van der Waals surface area (Å²) < 4.78 is 25.6. The van der Waals surface area contributed by atoms with Gasteiger partial charge in [0.2, 0.25) is 0 Å². The van der Waals surface area contributed by atoms with Crippen molar-refractivity contribution < 1.29 is 8.78 Å². The molecule has 0 aliphatic rings. The van der Waals surface area contributed by atoms with Crippen molar-refractivity contribution in [2.45, 2.75) is 6.42 Å². The maximum absolute atomic E-state index is 13.1. The van der Waals surface area contributed by atoms with Crippen LogP contribution >= 0.6 is 0 Å². The first kappa shape index (κ1) is 11.8. The molecule has 1 heterocycles. The maximum atomic E-state index is 13.1. The Kier molecular flexibility index (Phi) is 4.42. The highest BCUT2D eigenvalue weighted by Crippen LogP contribution is 2.10. The Labute approximate surface area is 88.1 Å². The van der Waals surface area contributed by atoms with Crippen LogP contribution in [0.3, 0.4) is 0 Å². The number of nitrogens with one attached hydrogen (secondary N) is 1. The lowest BCUT2D eigenvalue weighted by Gasteiger charge is -2.10. The SMILES string of the molecule is CN(C)CCCNc1ncc(F)cc1F. The second kappa shape index (κ2) is 5.60. The minimum absolute atomic E-state index is 0.107. The Hall–Kier alpha value is -1.23. The number of rotatable bonds is 5. The quantitative estimate of drug-likeness (QED) is 0.758. The average molecular weight is 215 g/mol. The average Bonchev–Trinajstić information content (AvgIpc) is 2.14. The minimum atomic E-state index is -0.661. The second-order valence-electron chi connectivity index (χ2n) is 3.57. The summed E-state index contributed by atoms with van der Waals surface area (Å²) in [6.07, 6.45) is 1.88. The molecule has 0 aliphatic heterocycles. The van der Waals surface area contributed by atoms with Gasteiger partial charge in [-0.1, -0.05) is 0 Å². The van der Waals surface area contributed by atoms with Crippen LogP contribution in [0.1, 0.15) is 6.42 Å². The number of hydrogen-bond donors (Lipinski definition) is 1. The molecule has 5 heteroatoms. The Morgan fingerprint density at radius 3 is 2.73 bits per heavy atom. The van der Waals surface area contributed by atoms with Gasteiger partial charge in [-0.2, -0.15) is 0 Å². The van der Waals surface area contributed by atoms with Gasteiger partial charge < -0.3 is 10.2 Å². The van der Waals surface area contributed by atoms with Crippen LogP contribution in [0.2, 0.25) is 0 Å². The number of pyridine rings is 1. The fourth-order valence-corrected chi connectivity index (χ4v) is 1.15. The third kappa shape index (κ3) is 4.20. The molecule has 84 valence electrons. The van der Waals surface area contributed by atoms with E-state index in [0.29, 0.717) is 6.54 Å². The first-order valence-electron chi connectivity index (χ1n) is 4.79. The summed E-state index contributed by atoms with van der Waals surface area (Å²) in [7, 11) is 3.94. The molecule has 0 aromatic carbocycles. The van der Waals surface area contributed by atoms with Gasteiger partial charge in [-0.15, -0.1) is 0 Å². The van der Waals surface area contributed by atoms with E-state index in [-0.39, 0.29) is 5.82 Å². The molecular formula is C10H15F2N3. The van der Waals surface area contributed by atoms with Crippen LogP contribution in [0.4, 0.5) is 14.6 Å². The van der Waals surface area contributed by atoms with Crippen molar-refractivity contribution in [3.05, 3.63) is 23.9 Å². The van der Waals surface area contributed by atoms with E-state index >= 15 is 0 Å². The normalized spacial score (nSPS) is 10.7. The molecule has 0 aliphatic carbocycles. The Morgan fingerprint density at radius 2 is 2.13 bits per heavy atom. The highest BCUT2D eigenvalue weighted by atomic mass is 19.1. The summed E-state index contributed by atoms with van der Waals surface area (Å²) in [4.78, 5) is 5.66. The molecule has 15 heavy (non-hydrogen) atoms. The summed E-state index contributed by atoms with van der Waals surface area (Å²) in [5.74, 6) is -1.21. The van der Waals surface area contributed by atoms with Crippen molar-refractivity contribution >= 4 is 5.82 Å². The van der Waals surface area contributed by atoms with E-state index in [0.717, 1.165) is 25.2 Å². The van der Waals surface area contributed by atoms with E-state index in [9.17, 15) is 8.78 Å². The number of anilines is 1. The van der Waals surface area contributed by atoms with Gasteiger partial charge in [0, 0.05) is 12.6 Å². The van der Waals surface area contributed by atoms with Crippen LogP contribution in [0, 0.1) is 11.6 Å². The number of halogens is 2. The van der Waals surface area contributed by atoms with Crippen molar-refractivity contribution in [2.24, 2.45) is 0 Å². The lowest BCUT2D eigenvalue weighted by atomic mass is 10.4. The Bertz CT molecular complexity index is 316. The van der Waals surface area contributed by atoms with E-state index < -0.39 is 11.6 Å². The third-order valence-corrected chi connectivity index (χ3v) is 1.88. The largest absolute Gasteiger partial charge is 0.368 e. The summed E-state index contributed by atoms with van der Waals surface area (Å²) in [5.41, 5.74) is 0. The first-order chi connectivity index (χ1) is 7.09. The highest BCUT2D eigenvalue weighted by Gasteiger charge is 2.03. The molecule has 1 N–H and O–H groups in total. The van der Waals surface area contributed by atoms with Gasteiger partial charge in [-0.3, -0.25) is 0 Å². The molecule has 1 aromatic heterocycles. The molecule has 3 nitrogen and oxygen atoms in total. The second-order valence-corrected chi connectivity index (χ2v) is 3.57. The molecule has 0 spiro atoms. The number of nitrogens with zero attached hydrogens (tertiary/aromatic N) is 2. The molecule has 1 rings (SSSR count). The molecular weight excluding hydrogens is 200 g/mol. The fourth-order valence-electron chi connectivity index (χ4n) is 1.15.